The quantitative estimate of drug-likeness (QED) is 0.715. The summed E-state index contributed by atoms with van der Waals surface area (Å²) in [5.41, 5.74) is 1.26. The van der Waals surface area contributed by atoms with Gasteiger partial charge in [-0.1, -0.05) is 6.07 Å². The Labute approximate surface area is 151 Å². The van der Waals surface area contributed by atoms with E-state index in [2.05, 4.69) is 20.9 Å². The lowest BCUT2D eigenvalue weighted by molar-refractivity contribution is 0.168. The molecule has 0 unspecified atom stereocenters. The summed E-state index contributed by atoms with van der Waals surface area (Å²) in [5.74, 6) is 0. The molecule has 2 aliphatic heterocycles. The van der Waals surface area contributed by atoms with E-state index in [1.54, 1.807) is 14.8 Å². The van der Waals surface area contributed by atoms with E-state index in [1.807, 2.05) is 19.3 Å². The van der Waals surface area contributed by atoms with Crippen molar-refractivity contribution >= 4 is 10.2 Å². The van der Waals surface area contributed by atoms with E-state index in [-0.39, 0.29) is 0 Å². The molecule has 0 spiro atoms. The summed E-state index contributed by atoms with van der Waals surface area (Å²) < 4.78 is 28.8. The van der Waals surface area contributed by atoms with Gasteiger partial charge in [0.15, 0.2) is 0 Å². The maximum Gasteiger partial charge on any atom is 0.282 e. The number of pyridine rings is 1. The maximum absolute atomic E-state index is 12.8. The second-order valence-corrected chi connectivity index (χ2v) is 8.84. The first kappa shape index (κ1) is 18.7. The minimum Gasteiger partial charge on any atom is -0.304 e. The lowest BCUT2D eigenvalue weighted by atomic mass is 10.1. The highest BCUT2D eigenvalue weighted by Crippen LogP contribution is 2.15. The number of likely N-dealkylation sites (N-methyl/N-ethyl adjacent to an activating group) is 1. The number of piperazine rings is 2. The standard InChI is InChI=1S/C17H29N5O2S/c1-19-8-12-21(13-9-19)25(23,24)22-14-10-20(11-15-22)7-3-5-17-4-2-6-18-16-17/h2,4,6,16H,3,5,7-15H2,1H3. The molecule has 0 aliphatic carbocycles. The highest BCUT2D eigenvalue weighted by atomic mass is 32.2. The Morgan fingerprint density at radius 1 is 1.00 bits per heavy atom. The lowest BCUT2D eigenvalue weighted by Crippen LogP contribution is -2.56. The molecule has 0 amide bonds. The Morgan fingerprint density at radius 2 is 1.64 bits per heavy atom. The van der Waals surface area contributed by atoms with Crippen LogP contribution >= 0.6 is 0 Å². The maximum atomic E-state index is 12.8. The van der Waals surface area contributed by atoms with Crippen LogP contribution in [0.4, 0.5) is 0 Å². The lowest BCUT2D eigenvalue weighted by Gasteiger charge is -2.39. The smallest absolute Gasteiger partial charge is 0.282 e. The van der Waals surface area contributed by atoms with E-state index in [9.17, 15) is 8.42 Å². The summed E-state index contributed by atoms with van der Waals surface area (Å²) in [6.45, 7) is 6.68. The normalized spacial score (nSPS) is 22.3. The van der Waals surface area contributed by atoms with Gasteiger partial charge < -0.3 is 9.80 Å². The van der Waals surface area contributed by atoms with E-state index in [4.69, 9.17) is 0 Å². The van der Waals surface area contributed by atoms with Gasteiger partial charge in [-0.15, -0.1) is 0 Å². The molecule has 0 atom stereocenters. The molecule has 0 radical (unpaired) electrons. The van der Waals surface area contributed by atoms with Gasteiger partial charge in [0.05, 0.1) is 0 Å². The van der Waals surface area contributed by atoms with Crippen molar-refractivity contribution in [2.24, 2.45) is 0 Å². The third-order valence-electron chi connectivity index (χ3n) is 5.11. The zero-order chi connectivity index (χ0) is 17.7. The van der Waals surface area contributed by atoms with Gasteiger partial charge in [-0.05, 0) is 38.1 Å². The topological polar surface area (TPSA) is 60.0 Å². The van der Waals surface area contributed by atoms with Gasteiger partial charge in [-0.2, -0.15) is 17.0 Å². The van der Waals surface area contributed by atoms with Crippen LogP contribution in [0.1, 0.15) is 12.0 Å². The van der Waals surface area contributed by atoms with Crippen molar-refractivity contribution in [1.29, 1.82) is 0 Å². The molecule has 0 aromatic carbocycles. The third kappa shape index (κ3) is 4.98. The highest BCUT2D eigenvalue weighted by molar-refractivity contribution is 7.86. The third-order valence-corrected chi connectivity index (χ3v) is 7.14. The van der Waals surface area contributed by atoms with Crippen molar-refractivity contribution in [1.82, 2.24) is 23.4 Å². The van der Waals surface area contributed by atoms with Crippen LogP contribution < -0.4 is 0 Å². The Hall–Kier alpha value is -1.06. The number of aromatic nitrogens is 1. The fourth-order valence-electron chi connectivity index (χ4n) is 3.42. The molecule has 1 aromatic heterocycles. The first-order valence-corrected chi connectivity index (χ1v) is 10.5. The van der Waals surface area contributed by atoms with Crippen LogP contribution in [-0.4, -0.2) is 97.8 Å². The van der Waals surface area contributed by atoms with Crippen molar-refractivity contribution in [3.63, 3.8) is 0 Å². The Bertz CT molecular complexity index is 624. The molecular weight excluding hydrogens is 338 g/mol. The van der Waals surface area contributed by atoms with Crippen molar-refractivity contribution in [2.45, 2.75) is 12.8 Å². The Kier molecular flexibility index (Phi) is 6.40. The largest absolute Gasteiger partial charge is 0.304 e. The minimum absolute atomic E-state index is 0.599. The fourth-order valence-corrected chi connectivity index (χ4v) is 4.99. The van der Waals surface area contributed by atoms with Crippen molar-refractivity contribution in [2.75, 3.05) is 66.0 Å². The molecule has 0 saturated carbocycles. The second kappa shape index (κ2) is 8.55. The van der Waals surface area contributed by atoms with Crippen LogP contribution in [0.5, 0.6) is 0 Å². The Morgan fingerprint density at radius 3 is 2.24 bits per heavy atom. The highest BCUT2D eigenvalue weighted by Gasteiger charge is 2.33. The number of nitrogens with zero attached hydrogens (tertiary/aromatic N) is 5. The molecule has 0 bridgehead atoms. The van der Waals surface area contributed by atoms with Crippen LogP contribution in [0.25, 0.3) is 0 Å². The summed E-state index contributed by atoms with van der Waals surface area (Å²) >= 11 is 0. The molecule has 2 saturated heterocycles. The summed E-state index contributed by atoms with van der Waals surface area (Å²) in [5, 5.41) is 0. The molecule has 3 rings (SSSR count). The van der Waals surface area contributed by atoms with Crippen LogP contribution in [0.2, 0.25) is 0 Å². The molecule has 2 fully saturated rings. The predicted molar refractivity (Wildman–Crippen MR) is 98.6 cm³/mol. The predicted octanol–water partition coefficient (Wildman–Crippen LogP) is 0.124. The number of hydrogen-bond donors (Lipinski definition) is 0. The summed E-state index contributed by atoms with van der Waals surface area (Å²) in [4.78, 5) is 8.68. The molecule has 1 aromatic rings. The molecule has 2 aliphatic rings. The fraction of sp³-hybridized carbons (Fsp3) is 0.706. The summed E-state index contributed by atoms with van der Waals surface area (Å²) in [6, 6.07) is 4.07. The zero-order valence-corrected chi connectivity index (χ0v) is 15.9. The van der Waals surface area contributed by atoms with E-state index in [0.29, 0.717) is 26.2 Å². The van der Waals surface area contributed by atoms with Crippen molar-refractivity contribution < 1.29 is 8.42 Å². The van der Waals surface area contributed by atoms with E-state index >= 15 is 0 Å². The molecule has 3 heterocycles. The first-order chi connectivity index (χ1) is 12.1. The van der Waals surface area contributed by atoms with Gasteiger partial charge in [0.2, 0.25) is 0 Å². The first-order valence-electron chi connectivity index (χ1n) is 9.11. The van der Waals surface area contributed by atoms with E-state index < -0.39 is 10.2 Å². The van der Waals surface area contributed by atoms with E-state index in [1.165, 1.54) is 5.56 Å². The van der Waals surface area contributed by atoms with Gasteiger partial charge in [0.1, 0.15) is 0 Å². The minimum atomic E-state index is -3.29. The Balaban J connectivity index is 1.42. The molecule has 140 valence electrons. The molecule has 0 N–H and O–H groups in total. The molecule has 25 heavy (non-hydrogen) atoms. The van der Waals surface area contributed by atoms with Gasteiger partial charge in [-0.25, -0.2) is 0 Å². The van der Waals surface area contributed by atoms with Gasteiger partial charge in [0.25, 0.3) is 10.2 Å². The monoisotopic (exact) mass is 367 g/mol. The average molecular weight is 368 g/mol. The molecule has 8 heteroatoms. The number of rotatable bonds is 6. The van der Waals surface area contributed by atoms with Gasteiger partial charge in [0, 0.05) is 64.8 Å². The summed E-state index contributed by atoms with van der Waals surface area (Å²) in [6.07, 6.45) is 5.81. The molecular formula is C17H29N5O2S. The van der Waals surface area contributed by atoms with Gasteiger partial charge >= 0.3 is 0 Å². The SMILES string of the molecule is CN1CCN(S(=O)(=O)N2CCN(CCCc3cccnc3)CC2)CC1. The van der Waals surface area contributed by atoms with Crippen molar-refractivity contribution in [3.8, 4) is 0 Å². The van der Waals surface area contributed by atoms with Crippen LogP contribution in [-0.2, 0) is 16.6 Å². The molecule has 7 nitrogen and oxygen atoms in total. The number of hydrogen-bond acceptors (Lipinski definition) is 5. The van der Waals surface area contributed by atoms with Gasteiger partial charge in [-0.3, -0.25) is 4.98 Å². The van der Waals surface area contributed by atoms with Crippen LogP contribution in [0, 0.1) is 0 Å². The van der Waals surface area contributed by atoms with Crippen LogP contribution in [0.3, 0.4) is 0 Å². The van der Waals surface area contributed by atoms with Crippen LogP contribution in [0.15, 0.2) is 24.5 Å². The second-order valence-electron chi connectivity index (χ2n) is 6.92. The van der Waals surface area contributed by atoms with Crippen molar-refractivity contribution in [3.05, 3.63) is 30.1 Å². The average Bonchev–Trinajstić information content (AvgIpc) is 2.63. The number of aryl methyl sites for hydroxylation is 1. The zero-order valence-electron chi connectivity index (χ0n) is 15.0. The summed E-state index contributed by atoms with van der Waals surface area (Å²) in [7, 11) is -1.25. The van der Waals surface area contributed by atoms with E-state index in [0.717, 1.165) is 45.6 Å².